The van der Waals surface area contributed by atoms with Crippen molar-refractivity contribution >= 4 is 30.3 Å². The van der Waals surface area contributed by atoms with E-state index in [1.54, 1.807) is 38.1 Å². The first kappa shape index (κ1) is 32.7. The lowest BCUT2D eigenvalue weighted by Crippen LogP contribution is -2.78. The summed E-state index contributed by atoms with van der Waals surface area (Å²) in [7, 11) is 0. The summed E-state index contributed by atoms with van der Waals surface area (Å²) >= 11 is 0. The molecule has 0 saturated heterocycles. The summed E-state index contributed by atoms with van der Waals surface area (Å²) in [5.74, 6) is -5.53. The predicted molar refractivity (Wildman–Crippen MR) is 144 cm³/mol. The van der Waals surface area contributed by atoms with Crippen LogP contribution in [0.4, 0.5) is 4.79 Å². The summed E-state index contributed by atoms with van der Waals surface area (Å²) in [5, 5.41) is 35.4. The Labute approximate surface area is 235 Å². The van der Waals surface area contributed by atoms with Crippen LogP contribution in [0, 0.1) is 28.6 Å². The number of carbonyl (C=O) groups excluding carboxylic acids is 3. The third-order valence-electron chi connectivity index (χ3n) is 8.76. The van der Waals surface area contributed by atoms with Crippen molar-refractivity contribution in [1.82, 2.24) is 10.5 Å². The predicted octanol–water partition coefficient (Wildman–Crippen LogP) is 3.27. The van der Waals surface area contributed by atoms with Crippen LogP contribution in [0.25, 0.3) is 0 Å². The highest BCUT2D eigenvalue weighted by atomic mass is 35.5. The number of hydroxylamine groups is 1. The zero-order chi connectivity index (χ0) is 28.5. The van der Waals surface area contributed by atoms with E-state index in [0.29, 0.717) is 12.1 Å². The number of Topliss-reactive ketones (excluding diaryl/α,β-unsaturated/α-hetero) is 1. The van der Waals surface area contributed by atoms with Gasteiger partial charge in [0, 0.05) is 25.0 Å². The van der Waals surface area contributed by atoms with Crippen molar-refractivity contribution in [2.24, 2.45) is 28.6 Å². The van der Waals surface area contributed by atoms with Gasteiger partial charge in [-0.1, -0.05) is 39.8 Å². The van der Waals surface area contributed by atoms with Crippen molar-refractivity contribution in [3.8, 4) is 0 Å². The third kappa shape index (κ3) is 5.84. The van der Waals surface area contributed by atoms with E-state index in [1.807, 2.05) is 19.3 Å². The Morgan fingerprint density at radius 3 is 2.49 bits per heavy atom. The summed E-state index contributed by atoms with van der Waals surface area (Å²) in [6, 6.07) is 5.01. The van der Waals surface area contributed by atoms with Crippen molar-refractivity contribution in [3.05, 3.63) is 42.7 Å². The van der Waals surface area contributed by atoms with Crippen molar-refractivity contribution in [3.63, 3.8) is 0 Å². The topological polar surface area (TPSA) is 155 Å². The number of hydrogen-bond donors (Lipinski definition) is 4. The Bertz CT molecular complexity index is 1070. The number of nitrogens with zero attached hydrogens (tertiary/aromatic N) is 1. The summed E-state index contributed by atoms with van der Waals surface area (Å²) < 4.78 is 5.49. The molecule has 2 saturated carbocycles. The summed E-state index contributed by atoms with van der Waals surface area (Å²) in [6.45, 7) is 12.4. The molecule has 1 aromatic rings. The Balaban J connectivity index is 0.00000533. The van der Waals surface area contributed by atoms with Gasteiger partial charge >= 0.3 is 12.1 Å². The first-order valence-corrected chi connectivity index (χ1v) is 13.0. The third-order valence-corrected chi connectivity index (χ3v) is 8.76. The van der Waals surface area contributed by atoms with Crippen molar-refractivity contribution in [1.29, 1.82) is 0 Å². The van der Waals surface area contributed by atoms with E-state index in [-0.39, 0.29) is 44.0 Å². The lowest BCUT2D eigenvalue weighted by molar-refractivity contribution is -0.362. The van der Waals surface area contributed by atoms with E-state index in [1.165, 1.54) is 13.1 Å². The smallest absolute Gasteiger partial charge is 0.414 e. The maximum Gasteiger partial charge on any atom is 0.443 e. The molecule has 2 aliphatic rings. The van der Waals surface area contributed by atoms with Gasteiger partial charge in [0.2, 0.25) is 5.79 Å². The molecule has 0 radical (unpaired) electrons. The number of fused-ring (bicyclic) bond motifs is 1. The van der Waals surface area contributed by atoms with Crippen LogP contribution in [0.2, 0.25) is 0 Å². The zero-order valence-electron chi connectivity index (χ0n) is 23.2. The molecule has 0 unspecified atom stereocenters. The fourth-order valence-electron chi connectivity index (χ4n) is 6.76. The average Bonchev–Trinajstić information content (AvgIpc) is 2.84. The van der Waals surface area contributed by atoms with Gasteiger partial charge in [-0.05, 0) is 49.1 Å². The molecular weight excluding hydrogens is 528 g/mol. The van der Waals surface area contributed by atoms with Crippen LogP contribution >= 0.6 is 12.4 Å². The van der Waals surface area contributed by atoms with E-state index in [9.17, 15) is 29.7 Å². The summed E-state index contributed by atoms with van der Waals surface area (Å²) in [6.07, 6.45) is 0.942. The van der Waals surface area contributed by atoms with Crippen LogP contribution in [0.3, 0.4) is 0 Å². The minimum absolute atomic E-state index is 0. The number of rotatable bonds is 7. The number of ether oxygens (including phenoxy) is 1. The molecule has 218 valence electrons. The van der Waals surface area contributed by atoms with Crippen LogP contribution in [-0.4, -0.2) is 55.6 Å². The molecule has 7 atom stereocenters. The Kier molecular flexibility index (Phi) is 9.99. The number of hydrogen-bond acceptors (Lipinski definition) is 9. The zero-order valence-corrected chi connectivity index (χ0v) is 24.0. The molecule has 0 aliphatic heterocycles. The molecule has 4 N–H and O–H groups in total. The second-order valence-corrected chi connectivity index (χ2v) is 11.7. The second-order valence-electron chi connectivity index (χ2n) is 11.7. The Hall–Kier alpha value is -2.53. The molecule has 2 fully saturated rings. The first-order chi connectivity index (χ1) is 17.6. The monoisotopic (exact) mass is 568 g/mol. The minimum Gasteiger partial charge on any atom is -0.414 e. The van der Waals surface area contributed by atoms with Crippen molar-refractivity contribution < 1.29 is 39.3 Å². The van der Waals surface area contributed by atoms with E-state index in [0.717, 1.165) is 0 Å². The van der Waals surface area contributed by atoms with Gasteiger partial charge in [0.05, 0.1) is 23.6 Å². The maximum absolute atomic E-state index is 13.7. The van der Waals surface area contributed by atoms with E-state index < -0.39 is 58.0 Å². The van der Waals surface area contributed by atoms with Gasteiger partial charge in [-0.15, -0.1) is 24.5 Å². The van der Waals surface area contributed by atoms with Gasteiger partial charge in [0.25, 0.3) is 0 Å². The number of aromatic nitrogens is 1. The molecule has 3 rings (SSSR count). The second kappa shape index (κ2) is 11.9. The number of halogens is 1. The first-order valence-electron chi connectivity index (χ1n) is 13.0. The molecule has 1 aromatic heterocycles. The number of aliphatic hydroxyl groups is 3. The highest BCUT2D eigenvalue weighted by molar-refractivity contribution is 5.89. The normalized spacial score (nSPS) is 33.9. The van der Waals surface area contributed by atoms with Gasteiger partial charge in [-0.25, -0.2) is 9.59 Å². The number of pyridine rings is 1. The van der Waals surface area contributed by atoms with Crippen LogP contribution in [0.5, 0.6) is 0 Å². The molecule has 0 spiro atoms. The molecule has 39 heavy (non-hydrogen) atoms. The number of ketones is 1. The van der Waals surface area contributed by atoms with Crippen LogP contribution in [0.15, 0.2) is 37.1 Å². The SMILES string of the molecule is C=C[C@@H](C)CC(=O)[C@]1(O)[C@@H](C)C[C@H](O)[C@H]2C(C)(C)CC[C@](O)(OC(=O)NOC(=O)Cc3ccccn3)[C@@]21C.Cl. The maximum atomic E-state index is 13.7. The quantitative estimate of drug-likeness (QED) is 0.220. The lowest BCUT2D eigenvalue weighted by atomic mass is 9.41. The number of aliphatic hydroxyl groups excluding tert-OH is 1. The molecule has 10 nitrogen and oxygen atoms in total. The van der Waals surface area contributed by atoms with Crippen LogP contribution < -0.4 is 5.48 Å². The fraction of sp³-hybridized carbons (Fsp3) is 0.643. The minimum atomic E-state index is -2.37. The van der Waals surface area contributed by atoms with E-state index in [4.69, 9.17) is 9.57 Å². The van der Waals surface area contributed by atoms with E-state index in [2.05, 4.69) is 11.6 Å². The molecule has 1 amide bonds. The number of carbonyl (C=O) groups is 3. The van der Waals surface area contributed by atoms with Crippen LogP contribution in [-0.2, 0) is 25.6 Å². The molecular formula is C28H41ClN2O8. The standard InChI is InChI=1S/C28H40N2O8.ClH/c1-7-17(2)14-21(32)28(36)18(3)15-20(31)23-25(4,5)11-12-27(35,26(23,28)6)37-24(34)30-38-22(33)16-19-10-8-9-13-29-19;/h7-10,13,17-18,20,23,31,35-36H,1,11-12,14-16H2,2-6H3,(H,30,34);1H/t17-,18+,20+,23+,26-,27+,28-;/m1./s1. The van der Waals surface area contributed by atoms with Crippen LogP contribution in [0.1, 0.15) is 66.0 Å². The van der Waals surface area contributed by atoms with Gasteiger partial charge in [-0.2, -0.15) is 0 Å². The largest absolute Gasteiger partial charge is 0.443 e. The highest BCUT2D eigenvalue weighted by Crippen LogP contribution is 2.66. The number of nitrogens with one attached hydrogen (secondary N) is 1. The molecule has 11 heteroatoms. The fourth-order valence-corrected chi connectivity index (χ4v) is 6.76. The van der Waals surface area contributed by atoms with Crippen molar-refractivity contribution in [2.45, 2.75) is 84.2 Å². The van der Waals surface area contributed by atoms with Gasteiger partial charge < -0.3 is 24.9 Å². The lowest BCUT2D eigenvalue weighted by Gasteiger charge is -2.67. The van der Waals surface area contributed by atoms with Crippen molar-refractivity contribution in [2.75, 3.05) is 0 Å². The molecule has 0 bridgehead atoms. The van der Waals surface area contributed by atoms with E-state index >= 15 is 0 Å². The summed E-state index contributed by atoms with van der Waals surface area (Å²) in [4.78, 5) is 47.5. The Morgan fingerprint density at radius 1 is 1.23 bits per heavy atom. The number of allylic oxidation sites excluding steroid dienone is 1. The van der Waals surface area contributed by atoms with Gasteiger partial charge in [-0.3, -0.25) is 9.78 Å². The average molecular weight is 569 g/mol. The van der Waals surface area contributed by atoms with Gasteiger partial charge in [0.15, 0.2) is 5.78 Å². The van der Waals surface area contributed by atoms with Gasteiger partial charge in [0.1, 0.15) is 5.60 Å². The highest BCUT2D eigenvalue weighted by Gasteiger charge is 2.76. The molecule has 2 aliphatic carbocycles. The summed E-state index contributed by atoms with van der Waals surface area (Å²) in [5.41, 5.74) is -2.24. The molecule has 1 heterocycles. The number of amides is 1. The molecule has 0 aromatic carbocycles. The Morgan fingerprint density at radius 2 is 1.90 bits per heavy atom.